The molecule has 1 aromatic rings. The van der Waals surface area contributed by atoms with Gasteiger partial charge in [-0.15, -0.1) is 0 Å². The normalized spacial score (nSPS) is 20.7. The zero-order chi connectivity index (χ0) is 15.6. The molecular formula is C15H23F2N5. The Bertz CT molecular complexity index is 536. The molecule has 1 aliphatic heterocycles. The van der Waals surface area contributed by atoms with Crippen LogP contribution in [0.4, 0.5) is 8.78 Å². The van der Waals surface area contributed by atoms with E-state index in [-0.39, 0.29) is 6.54 Å². The molecule has 7 heteroatoms. The van der Waals surface area contributed by atoms with Crippen molar-refractivity contribution in [1.82, 2.24) is 19.8 Å². The lowest BCUT2D eigenvalue weighted by molar-refractivity contribution is 0.0671. The highest BCUT2D eigenvalue weighted by Gasteiger charge is 2.43. The van der Waals surface area contributed by atoms with Crippen LogP contribution in [0.3, 0.4) is 0 Å². The minimum absolute atomic E-state index is 0.170. The van der Waals surface area contributed by atoms with E-state index in [1.54, 1.807) is 0 Å². The monoisotopic (exact) mass is 311 g/mol. The molecule has 1 aromatic heterocycles. The summed E-state index contributed by atoms with van der Waals surface area (Å²) in [5.74, 6) is 1.11. The summed E-state index contributed by atoms with van der Waals surface area (Å²) in [7, 11) is 0. The molecule has 0 bridgehead atoms. The lowest BCUT2D eigenvalue weighted by atomic mass is 9.68. The number of alkyl halides is 2. The zero-order valence-corrected chi connectivity index (χ0v) is 12.9. The molecule has 122 valence electrons. The maximum atomic E-state index is 12.8. The third-order valence-electron chi connectivity index (χ3n) is 4.82. The fourth-order valence-corrected chi connectivity index (χ4v) is 3.42. The number of guanidine groups is 1. The van der Waals surface area contributed by atoms with E-state index < -0.39 is 6.55 Å². The topological polar surface area (TPSA) is 45.5 Å². The number of hydrogen-bond donors (Lipinski definition) is 1. The van der Waals surface area contributed by atoms with Crippen LogP contribution < -0.4 is 5.32 Å². The van der Waals surface area contributed by atoms with Crippen LogP contribution in [-0.4, -0.2) is 40.0 Å². The highest BCUT2D eigenvalue weighted by Crippen LogP contribution is 2.47. The molecule has 0 aromatic carbocycles. The van der Waals surface area contributed by atoms with Gasteiger partial charge in [-0.2, -0.15) is 8.78 Å². The Morgan fingerprint density at radius 3 is 2.86 bits per heavy atom. The van der Waals surface area contributed by atoms with Crippen molar-refractivity contribution >= 4 is 5.96 Å². The summed E-state index contributed by atoms with van der Waals surface area (Å²) in [4.78, 5) is 10.8. The van der Waals surface area contributed by atoms with Crippen LogP contribution in [-0.2, 0) is 6.54 Å². The lowest BCUT2D eigenvalue weighted by Gasteiger charge is -2.38. The summed E-state index contributed by atoms with van der Waals surface area (Å²) < 4.78 is 26.5. The van der Waals surface area contributed by atoms with E-state index in [0.717, 1.165) is 30.2 Å². The second kappa shape index (κ2) is 6.22. The van der Waals surface area contributed by atoms with Gasteiger partial charge in [-0.1, -0.05) is 6.42 Å². The molecule has 1 saturated carbocycles. The molecule has 1 spiro atoms. The average Bonchev–Trinajstić information content (AvgIpc) is 3.09. The van der Waals surface area contributed by atoms with Gasteiger partial charge < -0.3 is 10.2 Å². The molecule has 3 rings (SSSR count). The number of aliphatic imine (C=N–C) groups is 1. The number of nitrogens with one attached hydrogen (secondary N) is 1. The molecule has 1 N–H and O–H groups in total. The number of rotatable bonds is 4. The molecule has 1 saturated heterocycles. The first-order valence-electron chi connectivity index (χ1n) is 7.97. The highest BCUT2D eigenvalue weighted by atomic mass is 19.3. The van der Waals surface area contributed by atoms with Crippen molar-refractivity contribution < 1.29 is 8.78 Å². The van der Waals surface area contributed by atoms with Crippen LogP contribution in [0.15, 0.2) is 17.4 Å². The van der Waals surface area contributed by atoms with Crippen molar-refractivity contribution in [3.63, 3.8) is 0 Å². The number of hydrogen-bond acceptors (Lipinski definition) is 2. The number of halogens is 2. The van der Waals surface area contributed by atoms with Gasteiger partial charge in [-0.05, 0) is 31.6 Å². The van der Waals surface area contributed by atoms with Gasteiger partial charge in [0.05, 0.1) is 0 Å². The highest BCUT2D eigenvalue weighted by molar-refractivity contribution is 5.80. The van der Waals surface area contributed by atoms with E-state index >= 15 is 0 Å². The van der Waals surface area contributed by atoms with Crippen molar-refractivity contribution in [1.29, 1.82) is 0 Å². The van der Waals surface area contributed by atoms with Gasteiger partial charge in [0.2, 0.25) is 0 Å². The van der Waals surface area contributed by atoms with E-state index in [9.17, 15) is 8.78 Å². The van der Waals surface area contributed by atoms with Gasteiger partial charge in [0.15, 0.2) is 5.96 Å². The molecule has 0 radical (unpaired) electrons. The maximum absolute atomic E-state index is 12.8. The average molecular weight is 311 g/mol. The molecule has 0 atom stereocenters. The molecule has 2 heterocycles. The van der Waals surface area contributed by atoms with E-state index in [1.807, 2.05) is 6.92 Å². The maximum Gasteiger partial charge on any atom is 0.319 e. The first-order chi connectivity index (χ1) is 10.6. The predicted molar refractivity (Wildman–Crippen MR) is 80.8 cm³/mol. The van der Waals surface area contributed by atoms with Crippen LogP contribution in [0.1, 0.15) is 45.0 Å². The van der Waals surface area contributed by atoms with Gasteiger partial charge in [-0.3, -0.25) is 4.57 Å². The SMILES string of the molecule is CCNC(=NCc1nccn1C(F)F)N1CCC2(CCC2)C1. The number of likely N-dealkylation sites (tertiary alicyclic amines) is 1. The largest absolute Gasteiger partial charge is 0.357 e. The Hall–Kier alpha value is -1.66. The van der Waals surface area contributed by atoms with E-state index in [0.29, 0.717) is 11.2 Å². The fourth-order valence-electron chi connectivity index (χ4n) is 3.42. The first kappa shape index (κ1) is 15.2. The summed E-state index contributed by atoms with van der Waals surface area (Å²) >= 11 is 0. The van der Waals surface area contributed by atoms with Crippen molar-refractivity contribution in [2.45, 2.75) is 45.7 Å². The van der Waals surface area contributed by atoms with E-state index in [2.05, 4.69) is 20.2 Å². The van der Waals surface area contributed by atoms with Crippen molar-refractivity contribution in [2.24, 2.45) is 10.4 Å². The number of imidazole rings is 1. The molecule has 0 amide bonds. The Morgan fingerprint density at radius 2 is 2.27 bits per heavy atom. The van der Waals surface area contributed by atoms with Crippen LogP contribution in [0.2, 0.25) is 0 Å². The van der Waals surface area contributed by atoms with E-state index in [4.69, 9.17) is 0 Å². The number of aromatic nitrogens is 2. The van der Waals surface area contributed by atoms with Gasteiger partial charge in [0, 0.05) is 32.0 Å². The van der Waals surface area contributed by atoms with Gasteiger partial charge in [0.25, 0.3) is 0 Å². The van der Waals surface area contributed by atoms with Crippen LogP contribution in [0.5, 0.6) is 0 Å². The lowest BCUT2D eigenvalue weighted by Crippen LogP contribution is -2.42. The summed E-state index contributed by atoms with van der Waals surface area (Å²) in [5.41, 5.74) is 0.484. The van der Waals surface area contributed by atoms with E-state index in [1.165, 1.54) is 38.1 Å². The first-order valence-corrected chi connectivity index (χ1v) is 7.97. The molecule has 1 aliphatic carbocycles. The summed E-state index contributed by atoms with van der Waals surface area (Å²) in [6.45, 7) is 2.41. The Labute approximate surface area is 129 Å². The smallest absolute Gasteiger partial charge is 0.319 e. The Kier molecular flexibility index (Phi) is 4.31. The predicted octanol–water partition coefficient (Wildman–Crippen LogP) is 2.62. The quantitative estimate of drug-likeness (QED) is 0.687. The second-order valence-corrected chi connectivity index (χ2v) is 6.22. The third-order valence-corrected chi connectivity index (χ3v) is 4.82. The minimum atomic E-state index is -2.57. The summed E-state index contributed by atoms with van der Waals surface area (Å²) in [6, 6.07) is 0. The third kappa shape index (κ3) is 2.94. The van der Waals surface area contributed by atoms with Crippen LogP contribution >= 0.6 is 0 Å². The molecular weight excluding hydrogens is 288 g/mol. The summed E-state index contributed by atoms with van der Waals surface area (Å²) in [6.07, 6.45) is 7.83. The molecule has 5 nitrogen and oxygen atoms in total. The van der Waals surface area contributed by atoms with Gasteiger partial charge in [0.1, 0.15) is 12.4 Å². The van der Waals surface area contributed by atoms with Crippen LogP contribution in [0, 0.1) is 5.41 Å². The Balaban J connectivity index is 1.69. The summed E-state index contributed by atoms with van der Waals surface area (Å²) in [5, 5.41) is 3.27. The van der Waals surface area contributed by atoms with Crippen molar-refractivity contribution in [3.05, 3.63) is 18.2 Å². The molecule has 0 unspecified atom stereocenters. The van der Waals surface area contributed by atoms with Crippen molar-refractivity contribution in [3.8, 4) is 0 Å². The van der Waals surface area contributed by atoms with Gasteiger partial charge in [-0.25, -0.2) is 9.98 Å². The zero-order valence-electron chi connectivity index (χ0n) is 12.9. The Morgan fingerprint density at radius 1 is 1.45 bits per heavy atom. The number of nitrogens with zero attached hydrogens (tertiary/aromatic N) is 4. The fraction of sp³-hybridized carbons (Fsp3) is 0.733. The molecule has 2 aliphatic rings. The van der Waals surface area contributed by atoms with Crippen molar-refractivity contribution in [2.75, 3.05) is 19.6 Å². The van der Waals surface area contributed by atoms with Gasteiger partial charge >= 0.3 is 6.55 Å². The minimum Gasteiger partial charge on any atom is -0.357 e. The molecule has 22 heavy (non-hydrogen) atoms. The van der Waals surface area contributed by atoms with Crippen LogP contribution in [0.25, 0.3) is 0 Å². The second-order valence-electron chi connectivity index (χ2n) is 6.22. The molecule has 2 fully saturated rings. The standard InChI is InChI=1S/C15H23F2N5/c1-2-18-14(21-8-6-15(11-21)4-3-5-15)20-10-12-19-7-9-22(12)13(16)17/h7,9,13H,2-6,8,10-11H2,1H3,(H,18,20).